The number of rotatable bonds is 2. The number of carbonyl (C=O) groups excluding carboxylic acids is 1. The Morgan fingerprint density at radius 3 is 2.58 bits per heavy atom. The Balaban J connectivity index is 1.55. The molecule has 0 aromatic heterocycles. The highest BCUT2D eigenvalue weighted by Gasteiger charge is 2.23. The molecule has 2 aromatic rings. The Morgan fingerprint density at radius 2 is 1.88 bits per heavy atom. The van der Waals surface area contributed by atoms with Crippen LogP contribution in [0, 0.1) is 5.92 Å². The van der Waals surface area contributed by atoms with Crippen LogP contribution in [-0.2, 0) is 6.42 Å². The van der Waals surface area contributed by atoms with Gasteiger partial charge in [0.1, 0.15) is 0 Å². The van der Waals surface area contributed by atoms with Crippen LogP contribution in [0.15, 0.2) is 47.6 Å². The summed E-state index contributed by atoms with van der Waals surface area (Å²) in [4.78, 5) is 13.7. The number of piperidine rings is 1. The Kier molecular flexibility index (Phi) is 4.84. The Bertz CT molecular complexity index is 750. The van der Waals surface area contributed by atoms with Gasteiger partial charge in [0.05, 0.1) is 0 Å². The summed E-state index contributed by atoms with van der Waals surface area (Å²) in [5.41, 5.74) is 6.78. The molecule has 3 rings (SSSR count). The molecule has 0 aliphatic carbocycles. The third-order valence-corrected chi connectivity index (χ3v) is 4.61. The van der Waals surface area contributed by atoms with E-state index < -0.39 is 0 Å². The zero-order valence-electron chi connectivity index (χ0n) is 13.6. The molecule has 1 aliphatic heterocycles. The molecule has 0 saturated carbocycles. The summed E-state index contributed by atoms with van der Waals surface area (Å²) in [5.74, 6) is 5.56. The molecule has 6 heteroatoms. The first-order valence-electron chi connectivity index (χ1n) is 8.22. The lowest BCUT2D eigenvalue weighted by atomic mass is 9.89. The molecule has 24 heavy (non-hydrogen) atoms. The van der Waals surface area contributed by atoms with Crippen molar-refractivity contribution >= 4 is 22.8 Å². The predicted octanol–water partition coefficient (Wildman–Crippen LogP) is 1.99. The fourth-order valence-corrected chi connectivity index (χ4v) is 3.26. The second-order valence-electron chi connectivity index (χ2n) is 6.26. The fourth-order valence-electron chi connectivity index (χ4n) is 3.26. The van der Waals surface area contributed by atoms with Crippen molar-refractivity contribution < 1.29 is 4.79 Å². The van der Waals surface area contributed by atoms with Crippen molar-refractivity contribution in [2.45, 2.75) is 19.3 Å². The van der Waals surface area contributed by atoms with E-state index >= 15 is 0 Å². The van der Waals surface area contributed by atoms with Gasteiger partial charge in [-0.3, -0.25) is 5.32 Å². The van der Waals surface area contributed by atoms with E-state index in [0.29, 0.717) is 5.92 Å². The third kappa shape index (κ3) is 3.76. The van der Waals surface area contributed by atoms with E-state index in [1.807, 2.05) is 0 Å². The number of guanidine groups is 1. The van der Waals surface area contributed by atoms with E-state index in [0.717, 1.165) is 32.4 Å². The fraction of sp³-hybridized carbons (Fsp3) is 0.333. The van der Waals surface area contributed by atoms with Crippen LogP contribution < -0.4 is 16.9 Å². The molecule has 0 radical (unpaired) electrons. The highest BCUT2D eigenvalue weighted by molar-refractivity contribution is 5.95. The quantitative estimate of drug-likeness (QED) is 0.341. The van der Waals surface area contributed by atoms with Crippen molar-refractivity contribution in [2.75, 3.05) is 13.1 Å². The number of hydrazone groups is 1. The van der Waals surface area contributed by atoms with Gasteiger partial charge >= 0.3 is 6.03 Å². The van der Waals surface area contributed by atoms with Gasteiger partial charge in [0.2, 0.25) is 5.96 Å². The molecule has 1 aliphatic rings. The first-order valence-corrected chi connectivity index (χ1v) is 8.22. The van der Waals surface area contributed by atoms with Gasteiger partial charge in [0.25, 0.3) is 0 Å². The molecule has 2 amide bonds. The summed E-state index contributed by atoms with van der Waals surface area (Å²) >= 11 is 0. The molecule has 126 valence electrons. The maximum absolute atomic E-state index is 12.0. The Labute approximate surface area is 141 Å². The first kappa shape index (κ1) is 16.1. The number of likely N-dealkylation sites (tertiary alicyclic amines) is 1. The van der Waals surface area contributed by atoms with Crippen LogP contribution in [0.1, 0.15) is 18.4 Å². The third-order valence-electron chi connectivity index (χ3n) is 4.61. The van der Waals surface area contributed by atoms with E-state index in [4.69, 9.17) is 11.6 Å². The number of fused-ring (bicyclic) bond motifs is 1. The normalized spacial score (nSPS) is 16.3. The highest BCUT2D eigenvalue weighted by atomic mass is 16.2. The molecule has 0 unspecified atom stereocenters. The van der Waals surface area contributed by atoms with E-state index in [2.05, 4.69) is 52.9 Å². The minimum absolute atomic E-state index is 0.0571. The summed E-state index contributed by atoms with van der Waals surface area (Å²) in [7, 11) is 0. The molecule has 0 bridgehead atoms. The second kappa shape index (κ2) is 7.21. The second-order valence-corrected chi connectivity index (χ2v) is 6.26. The van der Waals surface area contributed by atoms with Crippen molar-refractivity contribution in [1.29, 1.82) is 0 Å². The number of amides is 2. The lowest BCUT2D eigenvalue weighted by Crippen LogP contribution is -2.49. The number of benzene rings is 2. The summed E-state index contributed by atoms with van der Waals surface area (Å²) in [6, 6.07) is 14.8. The van der Waals surface area contributed by atoms with E-state index in [-0.39, 0.29) is 12.0 Å². The SMILES string of the molecule is N/N=C(\N)NC(=O)N1CCC(Cc2ccc3ccccc3c2)CC1. The lowest BCUT2D eigenvalue weighted by molar-refractivity contribution is 0.174. The molecule has 1 fully saturated rings. The van der Waals surface area contributed by atoms with E-state index in [9.17, 15) is 4.79 Å². The van der Waals surface area contributed by atoms with Gasteiger partial charge in [-0.05, 0) is 41.5 Å². The molecule has 6 nitrogen and oxygen atoms in total. The average Bonchev–Trinajstić information content (AvgIpc) is 2.62. The maximum atomic E-state index is 12.0. The van der Waals surface area contributed by atoms with Crippen molar-refractivity contribution in [3.05, 3.63) is 48.0 Å². The van der Waals surface area contributed by atoms with Crippen molar-refractivity contribution in [2.24, 2.45) is 22.6 Å². The number of nitrogens with one attached hydrogen (secondary N) is 1. The number of carbonyl (C=O) groups is 1. The van der Waals surface area contributed by atoms with Crippen molar-refractivity contribution in [3.8, 4) is 0 Å². The molecule has 0 spiro atoms. The van der Waals surface area contributed by atoms with E-state index in [1.165, 1.54) is 16.3 Å². The van der Waals surface area contributed by atoms with Gasteiger partial charge < -0.3 is 16.5 Å². The monoisotopic (exact) mass is 325 g/mol. The van der Waals surface area contributed by atoms with Crippen LogP contribution in [-0.4, -0.2) is 30.0 Å². The minimum Gasteiger partial charge on any atom is -0.368 e. The lowest BCUT2D eigenvalue weighted by Gasteiger charge is -2.32. The highest BCUT2D eigenvalue weighted by Crippen LogP contribution is 2.24. The molecule has 1 heterocycles. The summed E-state index contributed by atoms with van der Waals surface area (Å²) < 4.78 is 0. The van der Waals surface area contributed by atoms with Crippen LogP contribution in [0.25, 0.3) is 10.8 Å². The van der Waals surface area contributed by atoms with Crippen molar-refractivity contribution in [3.63, 3.8) is 0 Å². The first-order chi connectivity index (χ1) is 11.7. The van der Waals surface area contributed by atoms with Crippen LogP contribution in [0.4, 0.5) is 4.79 Å². The van der Waals surface area contributed by atoms with Gasteiger partial charge in [-0.25, -0.2) is 4.79 Å². The Morgan fingerprint density at radius 1 is 1.17 bits per heavy atom. The van der Waals surface area contributed by atoms with Crippen LogP contribution in [0.5, 0.6) is 0 Å². The number of nitrogens with two attached hydrogens (primary N) is 2. The molecule has 5 N–H and O–H groups in total. The molecule has 2 aromatic carbocycles. The number of hydrogen-bond acceptors (Lipinski definition) is 3. The van der Waals surface area contributed by atoms with Gasteiger partial charge in [-0.1, -0.05) is 42.5 Å². The number of urea groups is 1. The van der Waals surface area contributed by atoms with Crippen LogP contribution in [0.2, 0.25) is 0 Å². The Hall–Kier alpha value is -2.76. The van der Waals surface area contributed by atoms with Gasteiger partial charge in [0.15, 0.2) is 0 Å². The molecular weight excluding hydrogens is 302 g/mol. The van der Waals surface area contributed by atoms with E-state index in [1.54, 1.807) is 4.90 Å². The van der Waals surface area contributed by atoms with Crippen LogP contribution >= 0.6 is 0 Å². The predicted molar refractivity (Wildman–Crippen MR) is 96.3 cm³/mol. The average molecular weight is 325 g/mol. The van der Waals surface area contributed by atoms with Gasteiger partial charge in [0, 0.05) is 13.1 Å². The van der Waals surface area contributed by atoms with Gasteiger partial charge in [-0.15, -0.1) is 5.10 Å². The summed E-state index contributed by atoms with van der Waals surface area (Å²) in [5, 5.41) is 8.28. The number of nitrogens with zero attached hydrogens (tertiary/aromatic N) is 2. The van der Waals surface area contributed by atoms with Gasteiger partial charge in [-0.2, -0.15) is 0 Å². The zero-order chi connectivity index (χ0) is 16.9. The van der Waals surface area contributed by atoms with Crippen LogP contribution in [0.3, 0.4) is 0 Å². The van der Waals surface area contributed by atoms with Crippen molar-refractivity contribution in [1.82, 2.24) is 10.2 Å². The molecule has 1 saturated heterocycles. The zero-order valence-corrected chi connectivity index (χ0v) is 13.6. The summed E-state index contributed by atoms with van der Waals surface area (Å²) in [6.45, 7) is 1.45. The largest absolute Gasteiger partial charge is 0.368 e. The minimum atomic E-state index is -0.231. The maximum Gasteiger partial charge on any atom is 0.324 e. The number of hydrogen-bond donors (Lipinski definition) is 3. The smallest absolute Gasteiger partial charge is 0.324 e. The molecular formula is C18H23N5O. The standard InChI is InChI=1S/C18H23N5O/c19-17(22-20)21-18(24)23-9-7-13(8-10-23)11-14-5-6-15-3-1-2-4-16(15)12-14/h1-6,12-13H,7-11,20H2,(H3,19,21,22,24). The molecule has 0 atom stereocenters. The topological polar surface area (TPSA) is 96.7 Å². The summed E-state index contributed by atoms with van der Waals surface area (Å²) in [6.07, 6.45) is 3.02.